The maximum absolute atomic E-state index is 11.7. The van der Waals surface area contributed by atoms with Crippen LogP contribution in [0.4, 0.5) is 0 Å². The topological polar surface area (TPSA) is 89.3 Å². The zero-order chi connectivity index (χ0) is 14.4. The van der Waals surface area contributed by atoms with Gasteiger partial charge in [0.2, 0.25) is 5.91 Å². The zero-order valence-electron chi connectivity index (χ0n) is 12.2. The number of carbonyl (C=O) groups excluding carboxylic acids is 1. The van der Waals surface area contributed by atoms with Gasteiger partial charge >= 0.3 is 0 Å². The van der Waals surface area contributed by atoms with Crippen molar-refractivity contribution in [3.05, 3.63) is 0 Å². The van der Waals surface area contributed by atoms with Gasteiger partial charge in [0.15, 0.2) is 9.84 Å². The molecule has 0 aliphatic heterocycles. The molecule has 19 heavy (non-hydrogen) atoms. The maximum atomic E-state index is 11.7. The molecule has 0 aromatic heterocycles. The first-order valence-corrected chi connectivity index (χ1v) is 8.18. The first-order valence-electron chi connectivity index (χ1n) is 6.35. The van der Waals surface area contributed by atoms with E-state index < -0.39 is 27.0 Å². The lowest BCUT2D eigenvalue weighted by molar-refractivity contribution is -0.120. The Balaban J connectivity index is 0. The summed E-state index contributed by atoms with van der Waals surface area (Å²) in [6, 6.07) is 0. The maximum Gasteiger partial charge on any atom is 0.235 e. The molecule has 0 spiro atoms. The molecule has 0 heterocycles. The van der Waals surface area contributed by atoms with Crippen LogP contribution in [0.3, 0.4) is 0 Å². The number of sulfone groups is 1. The van der Waals surface area contributed by atoms with Gasteiger partial charge in [0.25, 0.3) is 0 Å². The van der Waals surface area contributed by atoms with Crippen LogP contribution in [0.15, 0.2) is 0 Å². The minimum Gasteiger partial charge on any atom is -0.349 e. The fourth-order valence-corrected chi connectivity index (χ4v) is 3.28. The van der Waals surface area contributed by atoms with Gasteiger partial charge in [-0.1, -0.05) is 20.8 Å². The molecule has 0 aliphatic rings. The summed E-state index contributed by atoms with van der Waals surface area (Å²) < 4.78 is 23.1. The van der Waals surface area contributed by atoms with Crippen molar-refractivity contribution < 1.29 is 13.2 Å². The predicted octanol–water partition coefficient (Wildman–Crippen LogP) is 1.11. The summed E-state index contributed by atoms with van der Waals surface area (Å²) >= 11 is 0. The third-order valence-electron chi connectivity index (χ3n) is 2.62. The smallest absolute Gasteiger partial charge is 0.235 e. The molecule has 3 N–H and O–H groups in total. The average molecular weight is 315 g/mol. The van der Waals surface area contributed by atoms with Gasteiger partial charge in [-0.25, -0.2) is 8.42 Å². The van der Waals surface area contributed by atoms with E-state index in [-0.39, 0.29) is 18.2 Å². The number of rotatable bonds is 8. The second-order valence-electron chi connectivity index (χ2n) is 5.50. The minimum absolute atomic E-state index is 0. The normalized spacial score (nSPS) is 14.6. The summed E-state index contributed by atoms with van der Waals surface area (Å²) in [4.78, 5) is 11.7. The second kappa shape index (κ2) is 8.76. The lowest BCUT2D eigenvalue weighted by Gasteiger charge is -2.31. The number of amides is 1. The molecule has 0 bridgehead atoms. The number of nitrogens with two attached hydrogens (primary N) is 1. The molecule has 1 atom stereocenters. The molecular formula is C12H27ClN2O3S. The summed E-state index contributed by atoms with van der Waals surface area (Å²) in [6.07, 6.45) is 1.25. The van der Waals surface area contributed by atoms with Gasteiger partial charge in [-0.3, -0.25) is 4.79 Å². The number of carbonyl (C=O) groups is 1. The zero-order valence-corrected chi connectivity index (χ0v) is 13.9. The van der Waals surface area contributed by atoms with Crippen LogP contribution in [0.5, 0.6) is 0 Å². The molecule has 0 saturated heterocycles. The molecule has 0 aromatic carbocycles. The van der Waals surface area contributed by atoms with Gasteiger partial charge < -0.3 is 11.1 Å². The van der Waals surface area contributed by atoms with Crippen LogP contribution in [-0.4, -0.2) is 37.9 Å². The highest BCUT2D eigenvalue weighted by molar-refractivity contribution is 7.92. The highest BCUT2D eigenvalue weighted by Gasteiger charge is 2.27. The fraction of sp³-hybridized carbons (Fsp3) is 0.917. The van der Waals surface area contributed by atoms with Gasteiger partial charge in [-0.05, 0) is 25.7 Å². The van der Waals surface area contributed by atoms with Crippen molar-refractivity contribution in [2.24, 2.45) is 11.7 Å². The Morgan fingerprint density at radius 2 is 1.89 bits per heavy atom. The van der Waals surface area contributed by atoms with E-state index >= 15 is 0 Å². The molecule has 1 unspecified atom stereocenters. The Hall–Kier alpha value is -0.330. The summed E-state index contributed by atoms with van der Waals surface area (Å²) in [5.41, 5.74) is 5.13. The van der Waals surface area contributed by atoms with Crippen molar-refractivity contribution in [3.8, 4) is 0 Å². The molecule has 0 saturated carbocycles. The molecule has 1 amide bonds. The van der Waals surface area contributed by atoms with Gasteiger partial charge in [0, 0.05) is 12.1 Å². The van der Waals surface area contributed by atoms with Crippen molar-refractivity contribution >= 4 is 28.2 Å². The van der Waals surface area contributed by atoms with E-state index in [2.05, 4.69) is 5.32 Å². The van der Waals surface area contributed by atoms with Crippen molar-refractivity contribution in [1.82, 2.24) is 5.32 Å². The van der Waals surface area contributed by atoms with E-state index in [0.29, 0.717) is 18.9 Å². The quantitative estimate of drug-likeness (QED) is 0.702. The first-order chi connectivity index (χ1) is 8.14. The van der Waals surface area contributed by atoms with Crippen LogP contribution in [0.1, 0.15) is 40.5 Å². The molecule has 0 aromatic rings. The third-order valence-corrected chi connectivity index (χ3v) is 4.35. The van der Waals surface area contributed by atoms with Crippen LogP contribution in [0, 0.1) is 5.92 Å². The van der Waals surface area contributed by atoms with Crippen LogP contribution >= 0.6 is 12.4 Å². The van der Waals surface area contributed by atoms with Crippen molar-refractivity contribution in [1.29, 1.82) is 0 Å². The van der Waals surface area contributed by atoms with E-state index in [1.165, 1.54) is 0 Å². The van der Waals surface area contributed by atoms with Crippen molar-refractivity contribution in [3.63, 3.8) is 0 Å². The van der Waals surface area contributed by atoms with Gasteiger partial charge in [0.05, 0.1) is 5.75 Å². The fourth-order valence-electron chi connectivity index (χ4n) is 2.04. The van der Waals surface area contributed by atoms with Gasteiger partial charge in [-0.2, -0.15) is 0 Å². The van der Waals surface area contributed by atoms with E-state index in [1.807, 2.05) is 20.8 Å². The molecule has 116 valence electrons. The Morgan fingerprint density at radius 3 is 2.26 bits per heavy atom. The van der Waals surface area contributed by atoms with Crippen LogP contribution in [-0.2, 0) is 14.6 Å². The molecule has 5 nitrogen and oxygen atoms in total. The molecule has 0 aliphatic carbocycles. The lowest BCUT2D eigenvalue weighted by atomic mass is 9.91. The summed E-state index contributed by atoms with van der Waals surface area (Å²) in [6.45, 7) is 7.99. The van der Waals surface area contributed by atoms with Crippen molar-refractivity contribution in [2.45, 2.75) is 46.1 Å². The van der Waals surface area contributed by atoms with Crippen LogP contribution in [0.2, 0.25) is 0 Å². The van der Waals surface area contributed by atoms with E-state index in [1.54, 1.807) is 6.92 Å². The standard InChI is InChI=1S/C12H26N2O3S.ClH/c1-5-6-18(16,17)8-11(15)14-12(4,9-13)7-10(2)3;/h10H,5-9,13H2,1-4H3,(H,14,15);1H. The summed E-state index contributed by atoms with van der Waals surface area (Å²) in [5.74, 6) is -0.485. The molecule has 0 rings (SSSR count). The number of hydrogen-bond donors (Lipinski definition) is 2. The molecule has 0 radical (unpaired) electrons. The Kier molecular flexibility index (Phi) is 9.68. The van der Waals surface area contributed by atoms with Crippen molar-refractivity contribution in [2.75, 3.05) is 18.1 Å². The summed E-state index contributed by atoms with van der Waals surface area (Å²) in [7, 11) is -3.29. The number of hydrogen-bond acceptors (Lipinski definition) is 4. The first kappa shape index (κ1) is 21.0. The van der Waals surface area contributed by atoms with E-state index in [0.717, 1.165) is 6.42 Å². The van der Waals surface area contributed by atoms with E-state index in [9.17, 15) is 13.2 Å². The molecule has 7 heteroatoms. The third kappa shape index (κ3) is 9.24. The summed E-state index contributed by atoms with van der Waals surface area (Å²) in [5, 5.41) is 2.75. The Bertz CT molecular complexity index is 371. The molecule has 0 fully saturated rings. The Labute approximate surface area is 123 Å². The lowest BCUT2D eigenvalue weighted by Crippen LogP contribution is -2.53. The minimum atomic E-state index is -3.29. The van der Waals surface area contributed by atoms with Crippen LogP contribution < -0.4 is 11.1 Å². The van der Waals surface area contributed by atoms with Gasteiger partial charge in [-0.15, -0.1) is 12.4 Å². The highest BCUT2D eigenvalue weighted by Crippen LogP contribution is 2.15. The Morgan fingerprint density at radius 1 is 1.37 bits per heavy atom. The largest absolute Gasteiger partial charge is 0.349 e. The van der Waals surface area contributed by atoms with Crippen LogP contribution in [0.25, 0.3) is 0 Å². The predicted molar refractivity (Wildman–Crippen MR) is 81.2 cm³/mol. The van der Waals surface area contributed by atoms with E-state index in [4.69, 9.17) is 5.73 Å². The highest BCUT2D eigenvalue weighted by atomic mass is 35.5. The van der Waals surface area contributed by atoms with Gasteiger partial charge in [0.1, 0.15) is 5.75 Å². The second-order valence-corrected chi connectivity index (χ2v) is 7.69. The molecular weight excluding hydrogens is 288 g/mol. The monoisotopic (exact) mass is 314 g/mol. The number of nitrogens with one attached hydrogen (secondary N) is 1. The SMILES string of the molecule is CCCS(=O)(=O)CC(=O)NC(C)(CN)CC(C)C.Cl. The average Bonchev–Trinajstić information content (AvgIpc) is 2.14. The number of halogens is 1.